The molecule has 0 aliphatic carbocycles. The topological polar surface area (TPSA) is 188 Å². The summed E-state index contributed by atoms with van der Waals surface area (Å²) in [4.78, 5) is 48.5. The van der Waals surface area contributed by atoms with Crippen LogP contribution in [0.1, 0.15) is 63.7 Å². The summed E-state index contributed by atoms with van der Waals surface area (Å²) in [6, 6.07) is 25.1. The third-order valence-electron chi connectivity index (χ3n) is 7.67. The van der Waals surface area contributed by atoms with Crippen LogP contribution in [0.4, 0.5) is 34.1 Å². The quantitative estimate of drug-likeness (QED) is 0.151. The monoisotopic (exact) mass is 666 g/mol. The Balaban J connectivity index is 1.25. The second kappa shape index (κ2) is 14.9. The van der Waals surface area contributed by atoms with Crippen LogP contribution in [0.2, 0.25) is 0 Å². The van der Waals surface area contributed by atoms with Crippen molar-refractivity contribution in [3.8, 4) is 0 Å². The van der Waals surface area contributed by atoms with Crippen LogP contribution in [0.3, 0.4) is 0 Å². The molecule has 0 heterocycles. The van der Waals surface area contributed by atoms with Gasteiger partial charge in [0, 0.05) is 22.5 Å². The third kappa shape index (κ3) is 8.36. The first kappa shape index (κ1) is 34.5. The largest absolute Gasteiger partial charge is 0.545 e. The number of hydrogen-bond donors (Lipinski definition) is 2. The molecular formula is C38H30N6O6-2. The Morgan fingerprint density at radius 3 is 1.08 bits per heavy atom. The molecule has 0 bridgehead atoms. The molecule has 0 aliphatic rings. The zero-order valence-corrected chi connectivity index (χ0v) is 27.5. The maximum absolute atomic E-state index is 13.3. The fourth-order valence-corrected chi connectivity index (χ4v) is 5.12. The number of azo groups is 2. The molecule has 0 atom stereocenters. The molecule has 2 amide bonds. The zero-order valence-electron chi connectivity index (χ0n) is 27.5. The number of aromatic carboxylic acids is 2. The summed E-state index contributed by atoms with van der Waals surface area (Å²) in [5.74, 6) is -3.34. The van der Waals surface area contributed by atoms with E-state index in [9.17, 15) is 29.4 Å². The highest BCUT2D eigenvalue weighted by atomic mass is 16.4. The molecular weight excluding hydrogens is 636 g/mol. The van der Waals surface area contributed by atoms with Crippen molar-refractivity contribution in [3.63, 3.8) is 0 Å². The molecule has 0 unspecified atom stereocenters. The van der Waals surface area contributed by atoms with Gasteiger partial charge in [0.15, 0.2) is 0 Å². The van der Waals surface area contributed by atoms with Crippen LogP contribution >= 0.6 is 0 Å². The summed E-state index contributed by atoms with van der Waals surface area (Å²) < 4.78 is 0. The van der Waals surface area contributed by atoms with E-state index in [-0.39, 0.29) is 22.3 Å². The maximum atomic E-state index is 13.3. The van der Waals surface area contributed by atoms with E-state index in [1.54, 1.807) is 42.5 Å². The summed E-state index contributed by atoms with van der Waals surface area (Å²) in [6.45, 7) is 7.31. The second-order valence-corrected chi connectivity index (χ2v) is 11.5. The number of aryl methyl sites for hydroxylation is 4. The van der Waals surface area contributed by atoms with Gasteiger partial charge < -0.3 is 30.4 Å². The van der Waals surface area contributed by atoms with Crippen LogP contribution in [0.15, 0.2) is 118 Å². The SMILES string of the molecule is Cc1cc(N=Nc2ccc(C(=O)[O-])cc2)cc(C)c1NC(=O)c1cccc(C(=O)Nc2c(C)cc(N=Nc3ccc(C(=O)[O-])cc3)cc2C)c1. The number of rotatable bonds is 10. The number of nitrogens with zero attached hydrogens (tertiary/aromatic N) is 4. The van der Waals surface area contributed by atoms with E-state index in [1.807, 2.05) is 27.7 Å². The van der Waals surface area contributed by atoms with Crippen LogP contribution in [-0.2, 0) is 0 Å². The van der Waals surface area contributed by atoms with E-state index in [0.717, 1.165) is 22.3 Å². The van der Waals surface area contributed by atoms with E-state index < -0.39 is 23.8 Å². The Hall–Kier alpha value is -6.82. The summed E-state index contributed by atoms with van der Waals surface area (Å²) in [7, 11) is 0. The molecule has 0 aromatic heterocycles. The molecule has 12 heteroatoms. The van der Waals surface area contributed by atoms with E-state index >= 15 is 0 Å². The molecule has 0 radical (unpaired) electrons. The highest BCUT2D eigenvalue weighted by Crippen LogP contribution is 2.30. The summed E-state index contributed by atoms with van der Waals surface area (Å²) in [6.07, 6.45) is 0. The number of benzene rings is 5. The molecule has 0 saturated carbocycles. The molecule has 250 valence electrons. The molecule has 0 spiro atoms. The number of carbonyl (C=O) groups is 4. The Labute approximate surface area is 287 Å². The first-order valence-electron chi connectivity index (χ1n) is 15.3. The van der Waals surface area contributed by atoms with Gasteiger partial charge in [0.1, 0.15) is 0 Å². The number of carboxylic acids is 2. The number of carboxylic acid groups (broad SMARTS) is 2. The summed E-state index contributed by atoms with van der Waals surface area (Å²) in [5.41, 5.74) is 6.88. The first-order valence-corrected chi connectivity index (χ1v) is 15.3. The van der Waals surface area contributed by atoms with Gasteiger partial charge in [-0.3, -0.25) is 9.59 Å². The van der Waals surface area contributed by atoms with E-state index in [0.29, 0.717) is 34.1 Å². The molecule has 5 rings (SSSR count). The van der Waals surface area contributed by atoms with Crippen LogP contribution < -0.4 is 20.8 Å². The number of hydrogen-bond acceptors (Lipinski definition) is 10. The van der Waals surface area contributed by atoms with Gasteiger partial charge in [-0.05, 0) is 128 Å². The minimum Gasteiger partial charge on any atom is -0.545 e. The molecule has 0 aliphatic heterocycles. The van der Waals surface area contributed by atoms with Gasteiger partial charge in [0.25, 0.3) is 11.8 Å². The van der Waals surface area contributed by atoms with Gasteiger partial charge in [-0.2, -0.15) is 20.5 Å². The van der Waals surface area contributed by atoms with Gasteiger partial charge >= 0.3 is 0 Å². The van der Waals surface area contributed by atoms with Crippen molar-refractivity contribution in [2.45, 2.75) is 27.7 Å². The van der Waals surface area contributed by atoms with Crippen LogP contribution in [-0.4, -0.2) is 23.8 Å². The molecule has 12 nitrogen and oxygen atoms in total. The van der Waals surface area contributed by atoms with E-state index in [4.69, 9.17) is 0 Å². The molecule has 0 saturated heterocycles. The predicted molar refractivity (Wildman–Crippen MR) is 184 cm³/mol. The van der Waals surface area contributed by atoms with Crippen molar-refractivity contribution in [3.05, 3.63) is 142 Å². The Morgan fingerprint density at radius 1 is 0.440 bits per heavy atom. The Bertz CT molecular complexity index is 1990. The lowest BCUT2D eigenvalue weighted by Gasteiger charge is -2.14. The lowest BCUT2D eigenvalue weighted by molar-refractivity contribution is -0.256. The molecule has 2 N–H and O–H groups in total. The minimum atomic E-state index is -1.27. The highest BCUT2D eigenvalue weighted by Gasteiger charge is 2.16. The van der Waals surface area contributed by atoms with Crippen molar-refractivity contribution in [2.24, 2.45) is 20.5 Å². The normalized spacial score (nSPS) is 11.1. The fourth-order valence-electron chi connectivity index (χ4n) is 5.12. The lowest BCUT2D eigenvalue weighted by atomic mass is 10.1. The van der Waals surface area contributed by atoms with Crippen molar-refractivity contribution in [1.82, 2.24) is 0 Å². The molecule has 0 fully saturated rings. The van der Waals surface area contributed by atoms with Gasteiger partial charge in [0.05, 0.1) is 34.7 Å². The Kier molecular flexibility index (Phi) is 10.3. The maximum Gasteiger partial charge on any atom is 0.255 e. The number of carbonyl (C=O) groups excluding carboxylic acids is 4. The van der Waals surface area contributed by atoms with Gasteiger partial charge in [-0.1, -0.05) is 30.3 Å². The van der Waals surface area contributed by atoms with Crippen molar-refractivity contribution in [2.75, 3.05) is 10.6 Å². The summed E-state index contributed by atoms with van der Waals surface area (Å²) >= 11 is 0. The third-order valence-corrected chi connectivity index (χ3v) is 7.67. The zero-order chi connectivity index (χ0) is 35.9. The number of amides is 2. The van der Waals surface area contributed by atoms with Crippen molar-refractivity contribution in [1.29, 1.82) is 0 Å². The predicted octanol–water partition coefficient (Wildman–Crippen LogP) is 6.98. The van der Waals surface area contributed by atoms with Gasteiger partial charge in [0.2, 0.25) is 0 Å². The smallest absolute Gasteiger partial charge is 0.255 e. The van der Waals surface area contributed by atoms with E-state index in [2.05, 4.69) is 31.1 Å². The average Bonchev–Trinajstić information content (AvgIpc) is 3.09. The second-order valence-electron chi connectivity index (χ2n) is 11.5. The van der Waals surface area contributed by atoms with Gasteiger partial charge in [-0.15, -0.1) is 0 Å². The van der Waals surface area contributed by atoms with Crippen molar-refractivity contribution < 1.29 is 29.4 Å². The van der Waals surface area contributed by atoms with Crippen LogP contribution in [0.5, 0.6) is 0 Å². The Morgan fingerprint density at radius 2 is 0.760 bits per heavy atom. The fraction of sp³-hybridized carbons (Fsp3) is 0.105. The van der Waals surface area contributed by atoms with Gasteiger partial charge in [-0.25, -0.2) is 0 Å². The van der Waals surface area contributed by atoms with Crippen LogP contribution in [0.25, 0.3) is 0 Å². The van der Waals surface area contributed by atoms with Crippen molar-refractivity contribution >= 4 is 57.9 Å². The average molecular weight is 667 g/mol. The first-order chi connectivity index (χ1) is 23.9. The number of anilines is 2. The molecule has 50 heavy (non-hydrogen) atoms. The van der Waals surface area contributed by atoms with E-state index in [1.165, 1.54) is 54.6 Å². The standard InChI is InChI=1S/C38H32N6O6/c1-21-16-31(43-41-29-12-8-25(9-13-29)37(47)48)17-22(2)33(21)39-35(45)27-6-5-7-28(20-27)36(46)40-34-23(3)18-32(19-24(34)4)44-42-30-14-10-26(11-15-30)38(49)50/h5-20H,1-4H3,(H,39,45)(H,40,46)(H,47,48)(H,49,50)/p-2. The molecule has 5 aromatic rings. The number of nitrogens with one attached hydrogen (secondary N) is 2. The highest BCUT2D eigenvalue weighted by molar-refractivity contribution is 6.09. The lowest BCUT2D eigenvalue weighted by Crippen LogP contribution is -2.21. The molecule has 5 aromatic carbocycles. The van der Waals surface area contributed by atoms with Crippen LogP contribution in [0, 0.1) is 27.7 Å². The summed E-state index contributed by atoms with van der Waals surface area (Å²) in [5, 5.41) is 44.6. The minimum absolute atomic E-state index is 0.0440.